The molecule has 3 aromatic carbocycles. The Morgan fingerprint density at radius 3 is 2.32 bits per heavy atom. The fourth-order valence-electron chi connectivity index (χ4n) is 4.83. The molecule has 156 valence electrons. The van der Waals surface area contributed by atoms with Crippen LogP contribution in [0.15, 0.2) is 66.7 Å². The Labute approximate surface area is 178 Å². The highest BCUT2D eigenvalue weighted by Crippen LogP contribution is 2.44. The minimum absolute atomic E-state index is 0.0750. The van der Waals surface area contributed by atoms with E-state index in [1.165, 1.54) is 12.1 Å². The fourth-order valence-corrected chi connectivity index (χ4v) is 4.83. The molecule has 31 heavy (non-hydrogen) atoms. The minimum Gasteiger partial charge on any atom is -0.479 e. The molecule has 2 aliphatic carbocycles. The number of carboxylic acids is 1. The van der Waals surface area contributed by atoms with Crippen molar-refractivity contribution in [2.45, 2.75) is 24.3 Å². The zero-order chi connectivity index (χ0) is 21.6. The Hall–Kier alpha value is -3.67. The number of carboxylic acid groups (broad SMARTS) is 1. The van der Waals surface area contributed by atoms with Gasteiger partial charge in [-0.25, -0.2) is 14.0 Å². The van der Waals surface area contributed by atoms with E-state index in [4.69, 9.17) is 4.74 Å². The maximum atomic E-state index is 13.8. The predicted molar refractivity (Wildman–Crippen MR) is 112 cm³/mol. The summed E-state index contributed by atoms with van der Waals surface area (Å²) in [6, 6.07) is 20.0. The van der Waals surface area contributed by atoms with Crippen LogP contribution in [-0.2, 0) is 21.5 Å². The molecule has 2 N–H and O–H groups in total. The van der Waals surface area contributed by atoms with Gasteiger partial charge in [-0.3, -0.25) is 0 Å². The van der Waals surface area contributed by atoms with Gasteiger partial charge in [0.05, 0.1) is 0 Å². The molecule has 5 rings (SSSR count). The molecule has 0 bridgehead atoms. The third-order valence-electron chi connectivity index (χ3n) is 6.33. The molecule has 0 saturated carbocycles. The van der Waals surface area contributed by atoms with Crippen molar-refractivity contribution in [2.75, 3.05) is 6.61 Å². The summed E-state index contributed by atoms with van der Waals surface area (Å²) >= 11 is 0. The number of aryl methyl sites for hydroxylation is 1. The number of amides is 1. The summed E-state index contributed by atoms with van der Waals surface area (Å²) in [5.74, 6) is -1.90. The molecule has 3 aromatic rings. The summed E-state index contributed by atoms with van der Waals surface area (Å²) in [6.07, 6.45) is -0.252. The summed E-state index contributed by atoms with van der Waals surface area (Å²) in [5.41, 5.74) is 3.63. The van der Waals surface area contributed by atoms with Gasteiger partial charge in [0.25, 0.3) is 0 Å². The fraction of sp³-hybridized carbons (Fsp3) is 0.200. The molecule has 0 saturated heterocycles. The van der Waals surface area contributed by atoms with E-state index >= 15 is 0 Å². The molecule has 1 atom stereocenters. The van der Waals surface area contributed by atoms with Gasteiger partial charge in [0.15, 0.2) is 5.54 Å². The first-order chi connectivity index (χ1) is 15.0. The topological polar surface area (TPSA) is 75.6 Å². The van der Waals surface area contributed by atoms with Crippen molar-refractivity contribution in [1.29, 1.82) is 0 Å². The first kappa shape index (κ1) is 19.3. The minimum atomic E-state index is -1.69. The van der Waals surface area contributed by atoms with Crippen LogP contribution in [0.1, 0.15) is 34.6 Å². The molecule has 2 aliphatic rings. The van der Waals surface area contributed by atoms with Gasteiger partial charge in [0.2, 0.25) is 0 Å². The molecule has 0 heterocycles. The molecule has 0 radical (unpaired) electrons. The number of hydrogen-bond acceptors (Lipinski definition) is 3. The van der Waals surface area contributed by atoms with Gasteiger partial charge in [0, 0.05) is 5.92 Å². The van der Waals surface area contributed by atoms with E-state index in [1.807, 2.05) is 48.5 Å². The first-order valence-corrected chi connectivity index (χ1v) is 10.1. The van der Waals surface area contributed by atoms with E-state index in [0.717, 1.165) is 22.3 Å². The van der Waals surface area contributed by atoms with Gasteiger partial charge in [-0.1, -0.05) is 54.6 Å². The number of alkyl carbamates (subject to hydrolysis) is 1. The summed E-state index contributed by atoms with van der Waals surface area (Å²) < 4.78 is 19.3. The summed E-state index contributed by atoms with van der Waals surface area (Å²) in [6.45, 7) is 0.0750. The van der Waals surface area contributed by atoms with Gasteiger partial charge < -0.3 is 15.2 Å². The van der Waals surface area contributed by atoms with Gasteiger partial charge in [0.1, 0.15) is 12.4 Å². The van der Waals surface area contributed by atoms with Crippen molar-refractivity contribution in [2.24, 2.45) is 0 Å². The maximum Gasteiger partial charge on any atom is 0.408 e. The van der Waals surface area contributed by atoms with E-state index in [1.54, 1.807) is 6.07 Å². The van der Waals surface area contributed by atoms with Crippen LogP contribution in [0.25, 0.3) is 11.1 Å². The average molecular weight is 417 g/mol. The zero-order valence-electron chi connectivity index (χ0n) is 16.6. The van der Waals surface area contributed by atoms with Gasteiger partial charge in [-0.05, 0) is 58.4 Å². The van der Waals surface area contributed by atoms with Crippen LogP contribution in [0, 0.1) is 5.82 Å². The second kappa shape index (κ2) is 7.23. The number of nitrogens with one attached hydrogen (secondary N) is 1. The van der Waals surface area contributed by atoms with E-state index < -0.39 is 23.4 Å². The van der Waals surface area contributed by atoms with Crippen molar-refractivity contribution in [3.05, 3.63) is 94.8 Å². The highest BCUT2D eigenvalue weighted by molar-refractivity contribution is 5.87. The van der Waals surface area contributed by atoms with E-state index in [0.29, 0.717) is 12.0 Å². The van der Waals surface area contributed by atoms with Crippen LogP contribution in [0.3, 0.4) is 0 Å². The second-order valence-electron chi connectivity index (χ2n) is 7.96. The highest BCUT2D eigenvalue weighted by atomic mass is 19.1. The molecule has 1 unspecified atom stereocenters. The zero-order valence-corrected chi connectivity index (χ0v) is 16.6. The van der Waals surface area contributed by atoms with Crippen LogP contribution in [0.4, 0.5) is 9.18 Å². The summed E-state index contributed by atoms with van der Waals surface area (Å²) in [5, 5.41) is 12.4. The van der Waals surface area contributed by atoms with Crippen molar-refractivity contribution in [1.82, 2.24) is 5.32 Å². The number of rotatable bonds is 4. The Balaban J connectivity index is 1.37. The molecule has 0 aromatic heterocycles. The molecular weight excluding hydrogens is 397 g/mol. The largest absolute Gasteiger partial charge is 0.479 e. The lowest BCUT2D eigenvalue weighted by Crippen LogP contribution is -2.50. The molecule has 0 fully saturated rings. The summed E-state index contributed by atoms with van der Waals surface area (Å²) in [7, 11) is 0. The number of aliphatic carboxylic acids is 1. The van der Waals surface area contributed by atoms with Crippen LogP contribution in [0.5, 0.6) is 0 Å². The van der Waals surface area contributed by atoms with E-state index in [9.17, 15) is 19.1 Å². The number of ether oxygens (including phenoxy) is 1. The van der Waals surface area contributed by atoms with Crippen LogP contribution >= 0.6 is 0 Å². The van der Waals surface area contributed by atoms with Crippen molar-refractivity contribution in [3.8, 4) is 11.1 Å². The second-order valence-corrected chi connectivity index (χ2v) is 7.96. The quantitative estimate of drug-likeness (QED) is 0.651. The third-order valence-corrected chi connectivity index (χ3v) is 6.33. The molecule has 5 nitrogen and oxygen atoms in total. The molecule has 6 heteroatoms. The number of benzene rings is 3. The Kier molecular flexibility index (Phi) is 4.50. The van der Waals surface area contributed by atoms with Crippen LogP contribution in [-0.4, -0.2) is 23.8 Å². The SMILES string of the molecule is O=C(NC1(C(=O)O)CCc2ccc(F)cc21)OCC1c2ccccc2-c2ccccc21. The molecular formula is C25H20FNO4. The van der Waals surface area contributed by atoms with Crippen LogP contribution in [0.2, 0.25) is 0 Å². The van der Waals surface area contributed by atoms with Crippen molar-refractivity contribution >= 4 is 12.1 Å². The maximum absolute atomic E-state index is 13.8. The lowest BCUT2D eigenvalue weighted by Gasteiger charge is -2.27. The standard InChI is InChI=1S/C25H20FNO4/c26-16-10-9-15-11-12-25(23(28)29,22(15)13-16)27-24(30)31-14-21-19-7-3-1-5-17(19)18-6-2-4-8-20(18)21/h1-10,13,21H,11-12,14H2,(H,27,30)(H,28,29). The molecule has 0 spiro atoms. The van der Waals surface area contributed by atoms with E-state index in [2.05, 4.69) is 5.32 Å². The Morgan fingerprint density at radius 1 is 1.03 bits per heavy atom. The summed E-state index contributed by atoms with van der Waals surface area (Å²) in [4.78, 5) is 24.8. The number of halogens is 1. The van der Waals surface area contributed by atoms with Crippen molar-refractivity contribution in [3.63, 3.8) is 0 Å². The number of carbonyl (C=O) groups is 2. The van der Waals surface area contributed by atoms with E-state index in [-0.39, 0.29) is 24.5 Å². The number of carbonyl (C=O) groups excluding carboxylic acids is 1. The lowest BCUT2D eigenvalue weighted by molar-refractivity contribution is -0.145. The number of fused-ring (bicyclic) bond motifs is 4. The molecule has 0 aliphatic heterocycles. The monoisotopic (exact) mass is 417 g/mol. The Bertz CT molecular complexity index is 1160. The average Bonchev–Trinajstić information content (AvgIpc) is 3.29. The van der Waals surface area contributed by atoms with Crippen molar-refractivity contribution < 1.29 is 23.8 Å². The van der Waals surface area contributed by atoms with Gasteiger partial charge in [-0.2, -0.15) is 0 Å². The Morgan fingerprint density at radius 2 is 1.68 bits per heavy atom. The van der Waals surface area contributed by atoms with Gasteiger partial charge in [-0.15, -0.1) is 0 Å². The predicted octanol–water partition coefficient (Wildman–Crippen LogP) is 4.59. The molecule has 1 amide bonds. The third kappa shape index (κ3) is 3.06. The van der Waals surface area contributed by atoms with Gasteiger partial charge >= 0.3 is 12.1 Å². The van der Waals surface area contributed by atoms with Crippen LogP contribution < -0.4 is 5.32 Å². The highest BCUT2D eigenvalue weighted by Gasteiger charge is 2.47. The number of hydrogen-bond donors (Lipinski definition) is 2. The smallest absolute Gasteiger partial charge is 0.408 e. The first-order valence-electron chi connectivity index (χ1n) is 10.1. The normalized spacial score (nSPS) is 18.7. The lowest BCUT2D eigenvalue weighted by atomic mass is 9.92.